The summed E-state index contributed by atoms with van der Waals surface area (Å²) < 4.78 is 11.6. The Labute approximate surface area is 149 Å². The van der Waals surface area contributed by atoms with E-state index in [4.69, 9.17) is 9.47 Å². The van der Waals surface area contributed by atoms with E-state index in [9.17, 15) is 0 Å². The average Bonchev–Trinajstić information content (AvgIpc) is 2.32. The molecule has 1 N–H and O–H groups in total. The quantitative estimate of drug-likeness (QED) is 0.799. The first-order chi connectivity index (χ1) is 9.58. The van der Waals surface area contributed by atoms with Gasteiger partial charge in [0.2, 0.25) is 0 Å². The Balaban J connectivity index is 0.00000441. The SMILES string of the molecule is COc1cc(CNC(C)(C)CC(C)(C)C)cc(Br)c1OC.[Cl-]. The molecular weight excluding hydrogens is 366 g/mol. The number of ether oxygens (including phenoxy) is 2. The van der Waals surface area contributed by atoms with Crippen LogP contribution in [-0.4, -0.2) is 19.8 Å². The van der Waals surface area contributed by atoms with Crippen molar-refractivity contribution >= 4 is 15.9 Å². The highest BCUT2D eigenvalue weighted by atomic mass is 79.9. The summed E-state index contributed by atoms with van der Waals surface area (Å²) in [6.45, 7) is 12.1. The Morgan fingerprint density at radius 2 is 1.64 bits per heavy atom. The second kappa shape index (κ2) is 8.42. The van der Waals surface area contributed by atoms with E-state index in [2.05, 4.69) is 61.9 Å². The number of rotatable bonds is 6. The summed E-state index contributed by atoms with van der Waals surface area (Å²) in [5.41, 5.74) is 1.55. The Kier molecular flexibility index (Phi) is 8.24. The summed E-state index contributed by atoms with van der Waals surface area (Å²) in [5, 5.41) is 3.63. The molecule has 22 heavy (non-hydrogen) atoms. The van der Waals surface area contributed by atoms with E-state index in [0.29, 0.717) is 5.41 Å². The van der Waals surface area contributed by atoms with Crippen molar-refractivity contribution in [3.05, 3.63) is 22.2 Å². The van der Waals surface area contributed by atoms with Gasteiger partial charge in [0.1, 0.15) is 0 Å². The van der Waals surface area contributed by atoms with Crippen LogP contribution in [0.5, 0.6) is 11.5 Å². The second-order valence-corrected chi connectivity index (χ2v) is 8.14. The fourth-order valence-electron chi connectivity index (χ4n) is 2.80. The first kappa shape index (κ1) is 21.6. The predicted octanol–water partition coefficient (Wildman–Crippen LogP) is 1.77. The number of benzene rings is 1. The molecule has 0 saturated heterocycles. The first-order valence-electron chi connectivity index (χ1n) is 7.23. The van der Waals surface area contributed by atoms with Crippen LogP contribution in [0.2, 0.25) is 0 Å². The molecule has 1 aromatic carbocycles. The van der Waals surface area contributed by atoms with Gasteiger partial charge in [0.25, 0.3) is 0 Å². The number of methoxy groups -OCH3 is 2. The maximum Gasteiger partial charge on any atom is 0.174 e. The first-order valence-corrected chi connectivity index (χ1v) is 8.03. The minimum atomic E-state index is 0. The van der Waals surface area contributed by atoms with Gasteiger partial charge in [-0.3, -0.25) is 0 Å². The van der Waals surface area contributed by atoms with Crippen LogP contribution in [0.3, 0.4) is 0 Å². The predicted molar refractivity (Wildman–Crippen MR) is 92.2 cm³/mol. The molecule has 0 spiro atoms. The third-order valence-corrected chi connectivity index (χ3v) is 3.83. The maximum atomic E-state index is 5.39. The Morgan fingerprint density at radius 1 is 1.05 bits per heavy atom. The van der Waals surface area contributed by atoms with Crippen molar-refractivity contribution in [3.8, 4) is 11.5 Å². The monoisotopic (exact) mass is 392 g/mol. The average molecular weight is 394 g/mol. The molecule has 128 valence electrons. The van der Waals surface area contributed by atoms with E-state index in [-0.39, 0.29) is 17.9 Å². The zero-order chi connectivity index (χ0) is 16.3. The van der Waals surface area contributed by atoms with Crippen LogP contribution in [-0.2, 0) is 6.54 Å². The Morgan fingerprint density at radius 3 is 2.09 bits per heavy atom. The zero-order valence-corrected chi connectivity index (χ0v) is 17.0. The van der Waals surface area contributed by atoms with Crippen LogP contribution in [0.25, 0.3) is 0 Å². The molecule has 1 aromatic rings. The summed E-state index contributed by atoms with van der Waals surface area (Å²) in [5.74, 6) is 1.48. The minimum Gasteiger partial charge on any atom is -1.00 e. The van der Waals surface area contributed by atoms with Crippen molar-refractivity contribution in [2.75, 3.05) is 14.2 Å². The van der Waals surface area contributed by atoms with Gasteiger partial charge in [-0.2, -0.15) is 0 Å². The molecule has 0 radical (unpaired) electrons. The molecule has 3 nitrogen and oxygen atoms in total. The van der Waals surface area contributed by atoms with Gasteiger partial charge in [-0.05, 0) is 59.3 Å². The fourth-order valence-corrected chi connectivity index (χ4v) is 3.45. The molecule has 5 heteroatoms. The molecule has 0 saturated carbocycles. The molecule has 0 aliphatic heterocycles. The number of halogens is 2. The summed E-state index contributed by atoms with van der Waals surface area (Å²) >= 11 is 3.54. The molecule has 0 amide bonds. The van der Waals surface area contributed by atoms with Gasteiger partial charge in [0.15, 0.2) is 11.5 Å². The van der Waals surface area contributed by atoms with Gasteiger partial charge in [0, 0.05) is 12.1 Å². The van der Waals surface area contributed by atoms with Gasteiger partial charge in [0.05, 0.1) is 18.7 Å². The molecule has 0 fully saturated rings. The molecule has 0 aliphatic carbocycles. The topological polar surface area (TPSA) is 30.5 Å². The number of nitrogens with one attached hydrogen (secondary N) is 1. The largest absolute Gasteiger partial charge is 1.00 e. The zero-order valence-electron chi connectivity index (χ0n) is 14.6. The van der Waals surface area contributed by atoms with Gasteiger partial charge >= 0.3 is 0 Å². The van der Waals surface area contributed by atoms with Crippen LogP contribution in [0.15, 0.2) is 16.6 Å². The lowest BCUT2D eigenvalue weighted by Gasteiger charge is -2.33. The second-order valence-electron chi connectivity index (χ2n) is 7.29. The Hall–Kier alpha value is -0.450. The van der Waals surface area contributed by atoms with E-state index in [0.717, 1.165) is 28.9 Å². The molecule has 1 rings (SSSR count). The number of hydrogen-bond acceptors (Lipinski definition) is 3. The molecular formula is C17H28BrClNO2-. The summed E-state index contributed by atoms with van der Waals surface area (Å²) in [4.78, 5) is 0. The highest BCUT2D eigenvalue weighted by Gasteiger charge is 2.25. The fraction of sp³-hybridized carbons (Fsp3) is 0.647. The normalized spacial score (nSPS) is 11.8. The van der Waals surface area contributed by atoms with E-state index in [1.165, 1.54) is 5.56 Å². The minimum absolute atomic E-state index is 0. The summed E-state index contributed by atoms with van der Waals surface area (Å²) in [6.07, 6.45) is 1.11. The van der Waals surface area contributed by atoms with Crippen LogP contribution in [0.4, 0.5) is 0 Å². The molecule has 0 atom stereocenters. The van der Waals surface area contributed by atoms with E-state index in [1.54, 1.807) is 14.2 Å². The van der Waals surface area contributed by atoms with Gasteiger partial charge in [-0.25, -0.2) is 0 Å². The lowest BCUT2D eigenvalue weighted by Crippen LogP contribution is -3.00. The molecule has 0 aliphatic rings. The maximum absolute atomic E-state index is 5.39. The van der Waals surface area contributed by atoms with Crippen molar-refractivity contribution < 1.29 is 21.9 Å². The highest BCUT2D eigenvalue weighted by Crippen LogP contribution is 2.36. The van der Waals surface area contributed by atoms with Gasteiger partial charge in [-0.15, -0.1) is 0 Å². The van der Waals surface area contributed by atoms with Crippen molar-refractivity contribution in [1.29, 1.82) is 0 Å². The molecule has 0 unspecified atom stereocenters. The standard InChI is InChI=1S/C17H28BrNO2.ClH/c1-16(2,3)11-17(4,5)19-10-12-8-13(18)15(21-7)14(9-12)20-6;/h8-9,19H,10-11H2,1-7H3;1H/p-1. The van der Waals surface area contributed by atoms with Crippen molar-refractivity contribution in [1.82, 2.24) is 5.32 Å². The molecule has 0 aromatic heterocycles. The van der Waals surface area contributed by atoms with E-state index in [1.807, 2.05) is 6.07 Å². The van der Waals surface area contributed by atoms with Crippen molar-refractivity contribution in [3.63, 3.8) is 0 Å². The van der Waals surface area contributed by atoms with E-state index >= 15 is 0 Å². The summed E-state index contributed by atoms with van der Waals surface area (Å²) in [6, 6.07) is 4.09. The third-order valence-electron chi connectivity index (χ3n) is 3.24. The smallest absolute Gasteiger partial charge is 0.174 e. The highest BCUT2D eigenvalue weighted by molar-refractivity contribution is 9.10. The van der Waals surface area contributed by atoms with Crippen LogP contribution in [0.1, 0.15) is 46.6 Å². The van der Waals surface area contributed by atoms with Crippen molar-refractivity contribution in [2.45, 2.75) is 53.1 Å². The summed E-state index contributed by atoms with van der Waals surface area (Å²) in [7, 11) is 3.30. The van der Waals surface area contributed by atoms with Gasteiger partial charge < -0.3 is 27.2 Å². The van der Waals surface area contributed by atoms with E-state index < -0.39 is 0 Å². The molecule has 0 heterocycles. The van der Waals surface area contributed by atoms with Crippen LogP contribution in [0, 0.1) is 5.41 Å². The lowest BCUT2D eigenvalue weighted by molar-refractivity contribution is -0.00000693. The lowest BCUT2D eigenvalue weighted by atomic mass is 9.82. The third kappa shape index (κ3) is 6.76. The molecule has 0 bridgehead atoms. The van der Waals surface area contributed by atoms with Crippen molar-refractivity contribution in [2.24, 2.45) is 5.41 Å². The van der Waals surface area contributed by atoms with Crippen LogP contribution < -0.4 is 27.2 Å². The van der Waals surface area contributed by atoms with Gasteiger partial charge in [-0.1, -0.05) is 20.8 Å². The van der Waals surface area contributed by atoms with Crippen LogP contribution >= 0.6 is 15.9 Å². The number of hydrogen-bond donors (Lipinski definition) is 1. The Bertz CT molecular complexity index is 484.